The van der Waals surface area contributed by atoms with Gasteiger partial charge in [0.15, 0.2) is 0 Å². The third-order valence-electron chi connectivity index (χ3n) is 3.43. The van der Waals surface area contributed by atoms with Gasteiger partial charge in [-0.2, -0.15) is 0 Å². The summed E-state index contributed by atoms with van der Waals surface area (Å²) in [4.78, 5) is 24.6. The lowest BCUT2D eigenvalue weighted by atomic mass is 10.2. The number of aromatic nitrogens is 2. The second-order valence-electron chi connectivity index (χ2n) is 4.95. The normalized spacial score (nSPS) is 26.3. The molecule has 0 aliphatic carbocycles. The minimum absolute atomic E-state index is 0.0145. The molecule has 1 aromatic heterocycles. The topological polar surface area (TPSA) is 120 Å². The SMILES string of the molecule is CCO[PH](=O)n1cc(C)c(=O)n(C2C[C@H](O)[C@@H](CO)O2)c1=O. The lowest BCUT2D eigenvalue weighted by molar-refractivity contribution is -0.0471. The molecule has 1 aromatic rings. The number of hydrogen-bond donors (Lipinski definition) is 2. The van der Waals surface area contributed by atoms with Crippen molar-refractivity contribution in [2.45, 2.75) is 38.7 Å². The van der Waals surface area contributed by atoms with Gasteiger partial charge in [0.1, 0.15) is 12.3 Å². The van der Waals surface area contributed by atoms with Gasteiger partial charge in [-0.25, -0.2) is 13.7 Å². The Morgan fingerprint density at radius 1 is 1.50 bits per heavy atom. The summed E-state index contributed by atoms with van der Waals surface area (Å²) in [5.74, 6) is 0. The molecular formula is C12H19N2O7P. The van der Waals surface area contributed by atoms with Gasteiger partial charge in [-0.15, -0.1) is 0 Å². The van der Waals surface area contributed by atoms with E-state index in [1.165, 1.54) is 13.1 Å². The minimum Gasteiger partial charge on any atom is -0.394 e. The van der Waals surface area contributed by atoms with Crippen LogP contribution in [0.15, 0.2) is 15.8 Å². The molecule has 0 bridgehead atoms. The average molecular weight is 334 g/mol. The highest BCUT2D eigenvalue weighted by Crippen LogP contribution is 2.27. The van der Waals surface area contributed by atoms with Gasteiger partial charge < -0.3 is 19.5 Å². The number of rotatable bonds is 5. The Balaban J connectivity index is 2.50. The Morgan fingerprint density at radius 3 is 2.73 bits per heavy atom. The van der Waals surface area contributed by atoms with Crippen LogP contribution in [-0.4, -0.2) is 44.5 Å². The van der Waals surface area contributed by atoms with Gasteiger partial charge >= 0.3 is 5.69 Å². The van der Waals surface area contributed by atoms with Crippen LogP contribution in [0, 0.1) is 6.92 Å². The van der Waals surface area contributed by atoms with Crippen LogP contribution in [0.1, 0.15) is 25.1 Å². The van der Waals surface area contributed by atoms with E-state index in [0.717, 1.165) is 8.90 Å². The number of aliphatic hydroxyl groups excluding tert-OH is 2. The summed E-state index contributed by atoms with van der Waals surface area (Å²) in [7, 11) is -2.84. The van der Waals surface area contributed by atoms with Crippen LogP contribution >= 0.6 is 8.18 Å². The predicted molar refractivity (Wildman–Crippen MR) is 77.3 cm³/mol. The van der Waals surface area contributed by atoms with E-state index in [2.05, 4.69) is 0 Å². The van der Waals surface area contributed by atoms with Gasteiger partial charge in [-0.3, -0.25) is 9.36 Å². The number of ether oxygens (including phenoxy) is 1. The van der Waals surface area contributed by atoms with E-state index in [-0.39, 0.29) is 18.6 Å². The van der Waals surface area contributed by atoms with Crippen molar-refractivity contribution in [3.05, 3.63) is 32.6 Å². The van der Waals surface area contributed by atoms with Crippen molar-refractivity contribution in [1.29, 1.82) is 0 Å². The van der Waals surface area contributed by atoms with Crippen molar-refractivity contribution < 1.29 is 24.0 Å². The Labute approximate surface area is 126 Å². The maximum Gasteiger partial charge on any atom is 0.340 e. The van der Waals surface area contributed by atoms with Gasteiger partial charge in [0, 0.05) is 18.2 Å². The Morgan fingerprint density at radius 2 is 2.18 bits per heavy atom. The zero-order valence-electron chi connectivity index (χ0n) is 12.3. The molecule has 124 valence electrons. The van der Waals surface area contributed by atoms with Gasteiger partial charge in [-0.1, -0.05) is 0 Å². The fraction of sp³-hybridized carbons (Fsp3) is 0.667. The average Bonchev–Trinajstić information content (AvgIpc) is 2.84. The molecule has 9 nitrogen and oxygen atoms in total. The second kappa shape index (κ2) is 6.89. The molecule has 0 aromatic carbocycles. The maximum atomic E-state index is 12.4. The first-order valence-corrected chi connectivity index (χ1v) is 8.13. The van der Waals surface area contributed by atoms with Crippen LogP contribution in [0.25, 0.3) is 0 Å². The summed E-state index contributed by atoms with van der Waals surface area (Å²) in [6, 6.07) is 0. The fourth-order valence-corrected chi connectivity index (χ4v) is 3.26. The zero-order chi connectivity index (χ0) is 16.4. The van der Waals surface area contributed by atoms with Crippen LogP contribution in [0.5, 0.6) is 0 Å². The summed E-state index contributed by atoms with van der Waals surface area (Å²) in [5.41, 5.74) is -1.23. The monoisotopic (exact) mass is 334 g/mol. The summed E-state index contributed by atoms with van der Waals surface area (Å²) < 4.78 is 23.9. The highest BCUT2D eigenvalue weighted by molar-refractivity contribution is 7.37. The molecule has 0 amide bonds. The predicted octanol–water partition coefficient (Wildman–Crippen LogP) is -0.767. The van der Waals surface area contributed by atoms with Crippen molar-refractivity contribution in [3.63, 3.8) is 0 Å². The van der Waals surface area contributed by atoms with Crippen LogP contribution in [-0.2, 0) is 13.8 Å². The Bertz CT molecular complexity index is 683. The minimum atomic E-state index is -2.84. The molecular weight excluding hydrogens is 315 g/mol. The quantitative estimate of drug-likeness (QED) is 0.679. The van der Waals surface area contributed by atoms with Gasteiger partial charge in [0.05, 0.1) is 19.3 Å². The summed E-state index contributed by atoms with van der Waals surface area (Å²) >= 11 is 0. The highest BCUT2D eigenvalue weighted by atomic mass is 31.1. The molecule has 2 unspecified atom stereocenters. The zero-order valence-corrected chi connectivity index (χ0v) is 13.3. The van der Waals surface area contributed by atoms with Crippen LogP contribution in [0.4, 0.5) is 0 Å². The Kier molecular flexibility index (Phi) is 5.36. The molecule has 22 heavy (non-hydrogen) atoms. The molecule has 0 saturated carbocycles. The second-order valence-corrected chi connectivity index (χ2v) is 6.26. The molecule has 10 heteroatoms. The lowest BCUT2D eigenvalue weighted by Gasteiger charge is -2.16. The highest BCUT2D eigenvalue weighted by Gasteiger charge is 2.36. The van der Waals surface area contributed by atoms with E-state index in [9.17, 15) is 19.3 Å². The van der Waals surface area contributed by atoms with Gasteiger partial charge in [-0.05, 0) is 13.8 Å². The third-order valence-corrected chi connectivity index (χ3v) is 4.68. The van der Waals surface area contributed by atoms with Crippen LogP contribution in [0.2, 0.25) is 0 Å². The molecule has 0 radical (unpaired) electrons. The number of aliphatic hydroxyl groups is 2. The molecule has 2 N–H and O–H groups in total. The maximum absolute atomic E-state index is 12.4. The molecule has 2 heterocycles. The lowest BCUT2D eigenvalue weighted by Crippen LogP contribution is -2.41. The first-order chi connectivity index (χ1) is 10.4. The molecule has 1 aliphatic heterocycles. The first-order valence-electron chi connectivity index (χ1n) is 6.87. The van der Waals surface area contributed by atoms with Crippen LogP contribution < -0.4 is 11.2 Å². The van der Waals surface area contributed by atoms with Gasteiger partial charge in [0.2, 0.25) is 0 Å². The van der Waals surface area contributed by atoms with Crippen LogP contribution in [0.3, 0.4) is 0 Å². The van der Waals surface area contributed by atoms with Gasteiger partial charge in [0.25, 0.3) is 13.7 Å². The van der Waals surface area contributed by atoms with Crippen molar-refractivity contribution in [2.24, 2.45) is 0 Å². The van der Waals surface area contributed by atoms with E-state index in [1.807, 2.05) is 0 Å². The van der Waals surface area contributed by atoms with E-state index >= 15 is 0 Å². The fourth-order valence-electron chi connectivity index (χ4n) is 2.31. The Hall–Kier alpha value is -1.25. The largest absolute Gasteiger partial charge is 0.394 e. The number of hydrogen-bond acceptors (Lipinski definition) is 7. The van der Waals surface area contributed by atoms with E-state index in [4.69, 9.17) is 14.4 Å². The van der Waals surface area contributed by atoms with E-state index in [1.54, 1.807) is 6.92 Å². The van der Waals surface area contributed by atoms with Crippen molar-refractivity contribution in [1.82, 2.24) is 8.90 Å². The third kappa shape index (κ3) is 3.09. The van der Waals surface area contributed by atoms with Crippen molar-refractivity contribution >= 4 is 8.18 Å². The smallest absolute Gasteiger partial charge is 0.340 e. The van der Waals surface area contributed by atoms with E-state index in [0.29, 0.717) is 0 Å². The number of nitrogens with zero attached hydrogens (tertiary/aromatic N) is 2. The van der Waals surface area contributed by atoms with Crippen molar-refractivity contribution in [3.8, 4) is 0 Å². The van der Waals surface area contributed by atoms with Crippen molar-refractivity contribution in [2.75, 3.05) is 13.2 Å². The molecule has 1 saturated heterocycles. The standard InChI is InChI=1S/C12H19N2O7P/c1-3-20-22(19)13-5-7(2)11(17)14(12(13)18)10-4-8(16)9(6-15)21-10/h5,8-10,15-16,22H,3-4,6H2,1-2H3/t8-,9+,10?/m0/s1. The molecule has 2 rings (SSSR count). The summed E-state index contributed by atoms with van der Waals surface area (Å²) in [5, 5.41) is 18.8. The first kappa shape index (κ1) is 17.1. The number of aryl methyl sites for hydroxylation is 1. The molecule has 4 atom stereocenters. The molecule has 0 spiro atoms. The molecule has 1 fully saturated rings. The summed E-state index contributed by atoms with van der Waals surface area (Å²) in [6.45, 7) is 2.85. The summed E-state index contributed by atoms with van der Waals surface area (Å²) in [6.07, 6.45) is -1.70. The van der Waals surface area contributed by atoms with E-state index < -0.39 is 44.5 Å². The molecule has 1 aliphatic rings.